The Morgan fingerprint density at radius 1 is 1.10 bits per heavy atom. The van der Waals surface area contributed by atoms with Gasteiger partial charge in [-0.1, -0.05) is 0 Å². The Labute approximate surface area is 283 Å². The average Bonchev–Trinajstić information content (AvgIpc) is 3.76. The highest BCUT2D eigenvalue weighted by atomic mass is 19.4. The Hall–Kier alpha value is -3.92. The SMILES string of the molecule is Cc1c(F)c(N)cc(-c2nc3c4c(nc(OCC5(CN6CCC(=C(F)F)CC6)CC5)nc4c2F)N2C[C@H]4CC[C@H](N4)[C@H]2[C@H](C)O3)c1C(F)(F)F. The zero-order valence-electron chi connectivity index (χ0n) is 27.4. The lowest BCUT2D eigenvalue weighted by molar-refractivity contribution is -0.137. The van der Waals surface area contributed by atoms with E-state index in [1.165, 1.54) is 0 Å². The third-order valence-corrected chi connectivity index (χ3v) is 11.0. The lowest BCUT2D eigenvalue weighted by Crippen LogP contribution is -2.62. The molecule has 16 heteroatoms. The van der Waals surface area contributed by atoms with Crippen LogP contribution in [-0.2, 0) is 6.18 Å². The molecule has 3 saturated heterocycles. The fourth-order valence-corrected chi connectivity index (χ4v) is 8.29. The highest BCUT2D eigenvalue weighted by molar-refractivity contribution is 5.97. The molecule has 4 atom stereocenters. The number of benzene rings is 1. The van der Waals surface area contributed by atoms with Gasteiger partial charge in [0.25, 0.3) is 6.08 Å². The minimum Gasteiger partial charge on any atom is -0.472 e. The summed E-state index contributed by atoms with van der Waals surface area (Å²) >= 11 is 0. The van der Waals surface area contributed by atoms with E-state index in [4.69, 9.17) is 20.2 Å². The summed E-state index contributed by atoms with van der Waals surface area (Å²) in [6.45, 7) is 5.09. The quantitative estimate of drug-likeness (QED) is 0.224. The first kappa shape index (κ1) is 33.2. The number of ether oxygens (including phenoxy) is 2. The number of hydrogen-bond acceptors (Lipinski definition) is 9. The average molecular weight is 708 g/mol. The normalized spacial score (nSPS) is 25.7. The summed E-state index contributed by atoms with van der Waals surface area (Å²) in [5.74, 6) is -2.27. The van der Waals surface area contributed by atoms with Crippen molar-refractivity contribution in [2.45, 2.75) is 82.8 Å². The van der Waals surface area contributed by atoms with Crippen molar-refractivity contribution in [3.8, 4) is 23.1 Å². The van der Waals surface area contributed by atoms with Gasteiger partial charge in [0.1, 0.15) is 34.3 Å². The molecule has 0 radical (unpaired) electrons. The predicted molar refractivity (Wildman–Crippen MR) is 170 cm³/mol. The van der Waals surface area contributed by atoms with Gasteiger partial charge in [-0.25, -0.2) is 13.8 Å². The molecule has 2 aromatic heterocycles. The van der Waals surface area contributed by atoms with E-state index < -0.39 is 58.1 Å². The summed E-state index contributed by atoms with van der Waals surface area (Å²) in [7, 11) is 0. The number of halogens is 7. The second kappa shape index (κ2) is 11.8. The number of nitrogens with one attached hydrogen (secondary N) is 1. The third-order valence-electron chi connectivity index (χ3n) is 11.0. The molecule has 3 aromatic rings. The lowest BCUT2D eigenvalue weighted by Gasteiger charge is -2.42. The number of aromatic nitrogens is 3. The fourth-order valence-electron chi connectivity index (χ4n) is 8.29. The second-order valence-corrected chi connectivity index (χ2v) is 14.4. The molecule has 1 aromatic carbocycles. The topological polar surface area (TPSA) is 102 Å². The van der Waals surface area contributed by atoms with Gasteiger partial charge in [0, 0.05) is 49.2 Å². The minimum absolute atomic E-state index is 0.00801. The maximum Gasteiger partial charge on any atom is 0.417 e. The van der Waals surface area contributed by atoms with Crippen molar-refractivity contribution >= 4 is 22.4 Å². The molecule has 50 heavy (non-hydrogen) atoms. The number of rotatable bonds is 6. The van der Waals surface area contributed by atoms with Gasteiger partial charge in [-0.05, 0) is 69.6 Å². The summed E-state index contributed by atoms with van der Waals surface area (Å²) in [5, 5.41) is 3.70. The monoisotopic (exact) mass is 707 g/mol. The van der Waals surface area contributed by atoms with Gasteiger partial charge in [0.2, 0.25) is 5.88 Å². The first-order chi connectivity index (χ1) is 23.7. The van der Waals surface area contributed by atoms with Crippen molar-refractivity contribution in [1.29, 1.82) is 0 Å². The summed E-state index contributed by atoms with van der Waals surface area (Å²) in [4.78, 5) is 17.7. The van der Waals surface area contributed by atoms with E-state index in [-0.39, 0.29) is 58.5 Å². The van der Waals surface area contributed by atoms with E-state index >= 15 is 4.39 Å². The molecule has 4 fully saturated rings. The number of nitrogens with two attached hydrogens (primary N) is 1. The zero-order chi connectivity index (χ0) is 35.3. The number of fused-ring (bicyclic) bond motifs is 5. The fraction of sp³-hybridized carbons (Fsp3) is 0.559. The van der Waals surface area contributed by atoms with Crippen molar-refractivity contribution in [2.75, 3.05) is 43.4 Å². The van der Waals surface area contributed by atoms with Crippen LogP contribution in [0.15, 0.2) is 17.7 Å². The molecule has 8 rings (SSSR count). The van der Waals surface area contributed by atoms with E-state index in [1.807, 2.05) is 11.8 Å². The molecule has 0 amide bonds. The molecule has 0 spiro atoms. The Balaban J connectivity index is 1.22. The molecule has 1 saturated carbocycles. The Morgan fingerprint density at radius 2 is 1.84 bits per heavy atom. The van der Waals surface area contributed by atoms with Gasteiger partial charge in [-0.3, -0.25) is 0 Å². The number of nitrogen functional groups attached to an aromatic ring is 1. The van der Waals surface area contributed by atoms with Crippen LogP contribution in [-0.4, -0.2) is 76.9 Å². The van der Waals surface area contributed by atoms with E-state index in [0.717, 1.165) is 38.7 Å². The smallest absolute Gasteiger partial charge is 0.417 e. The van der Waals surface area contributed by atoms with E-state index in [9.17, 15) is 26.3 Å². The van der Waals surface area contributed by atoms with Crippen molar-refractivity contribution < 1.29 is 40.2 Å². The molecule has 0 unspecified atom stereocenters. The van der Waals surface area contributed by atoms with Gasteiger partial charge < -0.3 is 30.3 Å². The minimum atomic E-state index is -5.07. The number of anilines is 2. The summed E-state index contributed by atoms with van der Waals surface area (Å²) in [6, 6.07) is 0.454. The molecule has 9 nitrogen and oxygen atoms in total. The van der Waals surface area contributed by atoms with Crippen LogP contribution >= 0.6 is 0 Å². The van der Waals surface area contributed by atoms with Crippen LogP contribution in [0.3, 0.4) is 0 Å². The predicted octanol–water partition coefficient (Wildman–Crippen LogP) is 6.37. The van der Waals surface area contributed by atoms with Crippen molar-refractivity contribution in [3.63, 3.8) is 0 Å². The first-order valence-corrected chi connectivity index (χ1v) is 16.9. The standard InChI is InChI=1S/C34H36F7N7O2/c1-15-23(34(39,40)41)19(11-20(42)24(15)35)26-25(36)27-22-30(48-12-18-3-4-21(43-18)28(48)16(2)50-31(22)44-26)46-32(45-27)49-14-33(7-8-33)13-47-9-5-17(6-10-47)29(37)38/h11,16,18,21,28,43H,3-10,12-14,42H2,1-2H3/t16-,18+,21-,28+/m0/s1. The Kier molecular flexibility index (Phi) is 7.86. The molecule has 6 heterocycles. The summed E-state index contributed by atoms with van der Waals surface area (Å²) < 4.78 is 114. The number of piperazine rings is 1. The Bertz CT molecular complexity index is 1900. The molecular weight excluding hydrogens is 671 g/mol. The van der Waals surface area contributed by atoms with Gasteiger partial charge >= 0.3 is 12.2 Å². The van der Waals surface area contributed by atoms with Crippen LogP contribution in [0.5, 0.6) is 11.9 Å². The van der Waals surface area contributed by atoms with Crippen LogP contribution in [0.2, 0.25) is 0 Å². The lowest BCUT2D eigenvalue weighted by atomic mass is 9.96. The van der Waals surface area contributed by atoms with Crippen molar-refractivity contribution in [3.05, 3.63) is 40.5 Å². The second-order valence-electron chi connectivity index (χ2n) is 14.4. The van der Waals surface area contributed by atoms with Crippen molar-refractivity contribution in [2.24, 2.45) is 5.41 Å². The highest BCUT2D eigenvalue weighted by Crippen LogP contribution is 2.49. The van der Waals surface area contributed by atoms with Crippen LogP contribution in [0.4, 0.5) is 42.2 Å². The highest BCUT2D eigenvalue weighted by Gasteiger charge is 2.49. The molecule has 3 N–H and O–H groups in total. The van der Waals surface area contributed by atoms with Crippen LogP contribution in [0.1, 0.15) is 56.6 Å². The molecular formula is C34H36F7N7O2. The van der Waals surface area contributed by atoms with E-state index in [2.05, 4.69) is 20.2 Å². The maximum absolute atomic E-state index is 16.8. The molecule has 1 aliphatic carbocycles. The Morgan fingerprint density at radius 3 is 2.52 bits per heavy atom. The van der Waals surface area contributed by atoms with E-state index in [0.29, 0.717) is 44.8 Å². The largest absolute Gasteiger partial charge is 0.472 e. The molecule has 2 bridgehead atoms. The number of alkyl halides is 3. The number of pyridine rings is 1. The number of likely N-dealkylation sites (tertiary alicyclic amines) is 1. The van der Waals surface area contributed by atoms with Gasteiger partial charge in [0.15, 0.2) is 5.82 Å². The van der Waals surface area contributed by atoms with Gasteiger partial charge in [-0.15, -0.1) is 0 Å². The third kappa shape index (κ3) is 5.58. The van der Waals surface area contributed by atoms with Crippen LogP contribution in [0.25, 0.3) is 22.2 Å². The zero-order valence-corrected chi connectivity index (χ0v) is 27.4. The first-order valence-electron chi connectivity index (χ1n) is 16.9. The van der Waals surface area contributed by atoms with Crippen LogP contribution < -0.4 is 25.4 Å². The summed E-state index contributed by atoms with van der Waals surface area (Å²) in [5.41, 5.74) is 1.09. The van der Waals surface area contributed by atoms with E-state index in [1.54, 1.807) is 0 Å². The number of piperidine rings is 1. The molecule has 268 valence electrons. The number of hydrogen-bond donors (Lipinski definition) is 2. The number of nitrogens with zero attached hydrogens (tertiary/aromatic N) is 5. The summed E-state index contributed by atoms with van der Waals surface area (Å²) in [6.07, 6.45) is -3.17. The van der Waals surface area contributed by atoms with Crippen LogP contribution in [0, 0.1) is 24.0 Å². The van der Waals surface area contributed by atoms with Gasteiger partial charge in [-0.2, -0.15) is 31.9 Å². The molecule has 5 aliphatic rings. The molecule has 4 aliphatic heterocycles. The van der Waals surface area contributed by atoms with Crippen molar-refractivity contribution in [1.82, 2.24) is 25.2 Å². The maximum atomic E-state index is 16.8. The van der Waals surface area contributed by atoms with Gasteiger partial charge in [0.05, 0.1) is 23.9 Å².